The van der Waals surface area contributed by atoms with E-state index in [2.05, 4.69) is 0 Å². The molecule has 1 amide bonds. The van der Waals surface area contributed by atoms with Crippen molar-refractivity contribution in [1.82, 2.24) is 4.90 Å². The van der Waals surface area contributed by atoms with Crippen LogP contribution in [0.5, 0.6) is 11.5 Å². The van der Waals surface area contributed by atoms with E-state index in [1.165, 1.54) is 24.1 Å². The summed E-state index contributed by atoms with van der Waals surface area (Å²) in [4.78, 5) is 37.8. The summed E-state index contributed by atoms with van der Waals surface area (Å²) in [5.41, 5.74) is 0.301. The van der Waals surface area contributed by atoms with Crippen LogP contribution >= 0.6 is 0 Å². The number of hydrogen-bond acceptors (Lipinski definition) is 7. The third kappa shape index (κ3) is 4.93. The zero-order valence-corrected chi connectivity index (χ0v) is 17.4. The quantitative estimate of drug-likeness (QED) is 0.360. The van der Waals surface area contributed by atoms with Crippen LogP contribution in [0, 0.1) is 10.1 Å². The molecule has 164 valence electrons. The molecule has 0 bridgehead atoms. The average molecular weight is 428 g/mol. The van der Waals surface area contributed by atoms with Crippen LogP contribution in [0.25, 0.3) is 0 Å². The Labute approximate surface area is 179 Å². The number of nitro groups is 1. The first-order valence-electron chi connectivity index (χ1n) is 9.97. The van der Waals surface area contributed by atoms with Gasteiger partial charge in [0.2, 0.25) is 0 Å². The molecule has 1 fully saturated rings. The van der Waals surface area contributed by atoms with Gasteiger partial charge in [-0.15, -0.1) is 0 Å². The largest absolute Gasteiger partial charge is 0.493 e. The summed E-state index contributed by atoms with van der Waals surface area (Å²) in [6, 6.07) is 11.0. The molecule has 2 aromatic carbocycles. The van der Waals surface area contributed by atoms with Gasteiger partial charge in [-0.1, -0.05) is 30.3 Å². The maximum atomic E-state index is 13.2. The average Bonchev–Trinajstić information content (AvgIpc) is 3.27. The SMILES string of the molecule is CCOC(=O)[C@@H]1CCCN1C(=O)c1cc(OC)c(OCc2ccccc2)cc1[N+](=O)[O-]. The lowest BCUT2D eigenvalue weighted by molar-refractivity contribution is -0.385. The van der Waals surface area contributed by atoms with E-state index in [9.17, 15) is 19.7 Å². The molecule has 0 aromatic heterocycles. The molecule has 0 unspecified atom stereocenters. The van der Waals surface area contributed by atoms with Gasteiger partial charge in [-0.3, -0.25) is 14.9 Å². The monoisotopic (exact) mass is 428 g/mol. The number of rotatable bonds is 8. The number of nitrogens with zero attached hydrogens (tertiary/aromatic N) is 2. The van der Waals surface area contributed by atoms with Crippen molar-refractivity contribution < 1.29 is 28.7 Å². The van der Waals surface area contributed by atoms with Crippen LogP contribution in [0.2, 0.25) is 0 Å². The summed E-state index contributed by atoms with van der Waals surface area (Å²) in [5.74, 6) is -0.782. The van der Waals surface area contributed by atoms with E-state index in [1.54, 1.807) is 6.92 Å². The van der Waals surface area contributed by atoms with Crippen molar-refractivity contribution in [3.8, 4) is 11.5 Å². The van der Waals surface area contributed by atoms with Crippen LogP contribution in [0.1, 0.15) is 35.7 Å². The highest BCUT2D eigenvalue weighted by atomic mass is 16.6. The molecule has 1 atom stereocenters. The standard InChI is InChI=1S/C22H24N2O7/c1-3-30-22(26)17-10-7-11-23(17)21(25)16-12-19(29-2)20(13-18(16)24(27)28)31-14-15-8-5-4-6-9-15/h4-6,8-9,12-13,17H,3,7,10-11,14H2,1-2H3/t17-/m0/s1. The minimum atomic E-state index is -0.757. The number of methoxy groups -OCH3 is 1. The smallest absolute Gasteiger partial charge is 0.328 e. The van der Waals surface area contributed by atoms with Crippen LogP contribution < -0.4 is 9.47 Å². The number of nitro benzene ring substituents is 1. The molecular formula is C22H24N2O7. The lowest BCUT2D eigenvalue weighted by atomic mass is 10.1. The highest BCUT2D eigenvalue weighted by Crippen LogP contribution is 2.36. The van der Waals surface area contributed by atoms with E-state index in [0.717, 1.165) is 5.56 Å². The first-order chi connectivity index (χ1) is 15.0. The Bertz CT molecular complexity index is 962. The third-order valence-electron chi connectivity index (χ3n) is 5.02. The molecule has 0 saturated carbocycles. The highest BCUT2D eigenvalue weighted by molar-refractivity contribution is 6.01. The number of likely N-dealkylation sites (tertiary alicyclic amines) is 1. The third-order valence-corrected chi connectivity index (χ3v) is 5.02. The molecule has 1 aliphatic rings. The van der Waals surface area contributed by atoms with Crippen LogP contribution in [0.4, 0.5) is 5.69 Å². The van der Waals surface area contributed by atoms with Crippen molar-refractivity contribution in [2.45, 2.75) is 32.4 Å². The Hall–Kier alpha value is -3.62. The molecular weight excluding hydrogens is 404 g/mol. The summed E-state index contributed by atoms with van der Waals surface area (Å²) in [6.07, 6.45) is 1.06. The van der Waals surface area contributed by atoms with Gasteiger partial charge in [0.05, 0.1) is 24.7 Å². The molecule has 3 rings (SSSR count). The van der Waals surface area contributed by atoms with E-state index in [1.807, 2.05) is 30.3 Å². The van der Waals surface area contributed by atoms with Crippen molar-refractivity contribution in [2.75, 3.05) is 20.3 Å². The fourth-order valence-electron chi connectivity index (χ4n) is 3.53. The van der Waals surface area contributed by atoms with Gasteiger partial charge in [0.1, 0.15) is 18.2 Å². The predicted octanol–water partition coefficient (Wildman–Crippen LogP) is 3.35. The number of carbonyl (C=O) groups is 2. The summed E-state index contributed by atoms with van der Waals surface area (Å²) in [7, 11) is 1.39. The zero-order chi connectivity index (χ0) is 22.4. The number of esters is 1. The maximum absolute atomic E-state index is 13.2. The Morgan fingerprint density at radius 2 is 1.94 bits per heavy atom. The molecule has 1 heterocycles. The summed E-state index contributed by atoms with van der Waals surface area (Å²) < 4.78 is 16.1. The van der Waals surface area contributed by atoms with Gasteiger partial charge in [0, 0.05) is 12.6 Å². The Morgan fingerprint density at radius 3 is 2.58 bits per heavy atom. The van der Waals surface area contributed by atoms with Gasteiger partial charge in [-0.05, 0) is 25.3 Å². The normalized spacial score (nSPS) is 15.4. The first kappa shape index (κ1) is 22.1. The van der Waals surface area contributed by atoms with Gasteiger partial charge >= 0.3 is 5.97 Å². The van der Waals surface area contributed by atoms with Gasteiger partial charge in [-0.25, -0.2) is 4.79 Å². The number of carbonyl (C=O) groups excluding carboxylic acids is 2. The van der Waals surface area contributed by atoms with Gasteiger partial charge < -0.3 is 19.1 Å². The molecule has 0 aliphatic carbocycles. The fraction of sp³-hybridized carbons (Fsp3) is 0.364. The molecule has 0 radical (unpaired) electrons. The lowest BCUT2D eigenvalue weighted by Crippen LogP contribution is -2.41. The molecule has 0 spiro atoms. The van der Waals surface area contributed by atoms with E-state index in [4.69, 9.17) is 14.2 Å². The maximum Gasteiger partial charge on any atom is 0.328 e. The summed E-state index contributed by atoms with van der Waals surface area (Å²) in [6.45, 7) is 2.37. The van der Waals surface area contributed by atoms with Crippen molar-refractivity contribution in [3.05, 3.63) is 63.7 Å². The number of benzene rings is 2. The topological polar surface area (TPSA) is 108 Å². The molecule has 1 aliphatic heterocycles. The van der Waals surface area contributed by atoms with Crippen LogP contribution in [0.15, 0.2) is 42.5 Å². The molecule has 9 nitrogen and oxygen atoms in total. The molecule has 31 heavy (non-hydrogen) atoms. The fourth-order valence-corrected chi connectivity index (χ4v) is 3.53. The lowest BCUT2D eigenvalue weighted by Gasteiger charge is -2.23. The van der Waals surface area contributed by atoms with Gasteiger partial charge in [0.25, 0.3) is 11.6 Å². The van der Waals surface area contributed by atoms with Crippen LogP contribution in [-0.4, -0.2) is 48.0 Å². The Morgan fingerprint density at radius 1 is 1.19 bits per heavy atom. The highest BCUT2D eigenvalue weighted by Gasteiger charge is 2.38. The van der Waals surface area contributed by atoms with E-state index < -0.39 is 28.5 Å². The minimum absolute atomic E-state index is 0.151. The van der Waals surface area contributed by atoms with Crippen molar-refractivity contribution >= 4 is 17.6 Å². The second-order valence-corrected chi connectivity index (χ2v) is 6.96. The summed E-state index contributed by atoms with van der Waals surface area (Å²) >= 11 is 0. The number of hydrogen-bond donors (Lipinski definition) is 0. The summed E-state index contributed by atoms with van der Waals surface area (Å²) in [5, 5.41) is 11.7. The van der Waals surface area contributed by atoms with Crippen LogP contribution in [-0.2, 0) is 16.1 Å². The van der Waals surface area contributed by atoms with E-state index in [-0.39, 0.29) is 30.3 Å². The molecule has 2 aromatic rings. The minimum Gasteiger partial charge on any atom is -0.493 e. The number of ether oxygens (including phenoxy) is 3. The van der Waals surface area contributed by atoms with Crippen molar-refractivity contribution in [2.24, 2.45) is 0 Å². The van der Waals surface area contributed by atoms with Gasteiger partial charge in [-0.2, -0.15) is 0 Å². The first-order valence-corrected chi connectivity index (χ1v) is 9.97. The van der Waals surface area contributed by atoms with E-state index >= 15 is 0 Å². The van der Waals surface area contributed by atoms with E-state index in [0.29, 0.717) is 19.4 Å². The molecule has 9 heteroatoms. The van der Waals surface area contributed by atoms with Gasteiger partial charge in [0.15, 0.2) is 11.5 Å². The molecule has 0 N–H and O–H groups in total. The predicted molar refractivity (Wildman–Crippen MR) is 111 cm³/mol. The molecule has 1 saturated heterocycles. The number of amides is 1. The zero-order valence-electron chi connectivity index (χ0n) is 17.4. The van der Waals surface area contributed by atoms with Crippen LogP contribution in [0.3, 0.4) is 0 Å². The van der Waals surface area contributed by atoms with Crippen molar-refractivity contribution in [3.63, 3.8) is 0 Å². The van der Waals surface area contributed by atoms with Crippen molar-refractivity contribution in [1.29, 1.82) is 0 Å². The second kappa shape index (κ2) is 9.92. The Balaban J connectivity index is 1.91. The second-order valence-electron chi connectivity index (χ2n) is 6.96. The Kier molecular flexibility index (Phi) is 7.07.